The number of fused-ring (bicyclic) bond motifs is 1. The zero-order chi connectivity index (χ0) is 11.9. The molecule has 0 radical (unpaired) electrons. The van der Waals surface area contributed by atoms with Crippen LogP contribution in [-0.2, 0) is 0 Å². The lowest BCUT2D eigenvalue weighted by atomic mass is 9.91. The lowest BCUT2D eigenvalue weighted by Crippen LogP contribution is -2.45. The molecule has 4 heteroatoms. The zero-order valence-electron chi connectivity index (χ0n) is 9.11. The Labute approximate surface area is 103 Å². The second-order valence-electron chi connectivity index (χ2n) is 4.47. The van der Waals surface area contributed by atoms with Gasteiger partial charge in [-0.1, -0.05) is 15.9 Å². The van der Waals surface area contributed by atoms with E-state index in [4.69, 9.17) is 4.74 Å². The van der Waals surface area contributed by atoms with Crippen LogP contribution in [0.25, 0.3) is 0 Å². The van der Waals surface area contributed by atoms with Crippen molar-refractivity contribution in [2.24, 2.45) is 0 Å². The van der Waals surface area contributed by atoms with Crippen molar-refractivity contribution in [2.45, 2.75) is 30.4 Å². The number of aliphatic hydroxyl groups excluding tert-OH is 1. The lowest BCUT2D eigenvalue weighted by Gasteiger charge is -2.40. The Hall–Kier alpha value is -0.870. The molecule has 0 saturated carbocycles. The summed E-state index contributed by atoms with van der Waals surface area (Å²) in [6, 6.07) is 5.07. The number of carbonyl (C=O) groups is 1. The van der Waals surface area contributed by atoms with Crippen LogP contribution in [0, 0.1) is 0 Å². The SMILES string of the molecule is CC1(C)Oc2ccc(C=O)cc2[C@@H](O)[C@@H]1Br. The maximum Gasteiger partial charge on any atom is 0.150 e. The number of aldehydes is 1. The molecule has 0 amide bonds. The van der Waals surface area contributed by atoms with Crippen LogP contribution in [0.4, 0.5) is 0 Å². The largest absolute Gasteiger partial charge is 0.486 e. The number of rotatable bonds is 1. The van der Waals surface area contributed by atoms with Gasteiger partial charge in [-0.3, -0.25) is 4.79 Å². The molecular formula is C12H13BrO3. The third-order valence-corrected chi connectivity index (χ3v) is 4.41. The van der Waals surface area contributed by atoms with Crippen LogP contribution >= 0.6 is 15.9 Å². The maximum absolute atomic E-state index is 10.7. The van der Waals surface area contributed by atoms with Crippen LogP contribution in [0.2, 0.25) is 0 Å². The summed E-state index contributed by atoms with van der Waals surface area (Å²) in [4.78, 5) is 10.5. The molecule has 0 bridgehead atoms. The molecule has 1 aliphatic rings. The monoisotopic (exact) mass is 284 g/mol. The number of benzene rings is 1. The van der Waals surface area contributed by atoms with Gasteiger partial charge in [-0.2, -0.15) is 0 Å². The highest BCUT2D eigenvalue weighted by Gasteiger charge is 2.41. The second-order valence-corrected chi connectivity index (χ2v) is 5.45. The zero-order valence-corrected chi connectivity index (χ0v) is 10.7. The Morgan fingerprint density at radius 3 is 2.81 bits per heavy atom. The Morgan fingerprint density at radius 2 is 2.19 bits per heavy atom. The first-order valence-electron chi connectivity index (χ1n) is 5.06. The van der Waals surface area contributed by atoms with Crippen molar-refractivity contribution in [1.29, 1.82) is 0 Å². The van der Waals surface area contributed by atoms with Crippen molar-refractivity contribution in [3.8, 4) is 5.75 Å². The second kappa shape index (κ2) is 3.86. The molecule has 16 heavy (non-hydrogen) atoms. The quantitative estimate of drug-likeness (QED) is 0.637. The fourth-order valence-electron chi connectivity index (χ4n) is 1.84. The fourth-order valence-corrected chi connectivity index (χ4v) is 2.22. The van der Waals surface area contributed by atoms with Gasteiger partial charge in [0.05, 0.1) is 10.9 Å². The molecule has 0 aliphatic carbocycles. The summed E-state index contributed by atoms with van der Waals surface area (Å²) in [6.07, 6.45) is 0.0920. The van der Waals surface area contributed by atoms with Crippen LogP contribution in [0.3, 0.4) is 0 Å². The van der Waals surface area contributed by atoms with E-state index < -0.39 is 11.7 Å². The van der Waals surface area contributed by atoms with Gasteiger partial charge >= 0.3 is 0 Å². The molecule has 1 heterocycles. The number of ether oxygens (including phenoxy) is 1. The molecule has 1 N–H and O–H groups in total. The Bertz CT molecular complexity index is 428. The van der Waals surface area contributed by atoms with Crippen LogP contribution in [0.5, 0.6) is 5.75 Å². The summed E-state index contributed by atoms with van der Waals surface area (Å²) in [7, 11) is 0. The van der Waals surface area contributed by atoms with E-state index in [-0.39, 0.29) is 4.83 Å². The average molecular weight is 285 g/mol. The Kier molecular flexibility index (Phi) is 2.80. The lowest BCUT2D eigenvalue weighted by molar-refractivity contribution is 0.0225. The highest BCUT2D eigenvalue weighted by molar-refractivity contribution is 9.09. The molecule has 1 aliphatic heterocycles. The van der Waals surface area contributed by atoms with Gasteiger partial charge in [-0.05, 0) is 32.0 Å². The van der Waals surface area contributed by atoms with Gasteiger partial charge in [0.15, 0.2) is 0 Å². The van der Waals surface area contributed by atoms with Gasteiger partial charge in [-0.15, -0.1) is 0 Å². The summed E-state index contributed by atoms with van der Waals surface area (Å²) in [5.74, 6) is 0.638. The molecule has 0 unspecified atom stereocenters. The third kappa shape index (κ3) is 1.76. The molecular weight excluding hydrogens is 272 g/mol. The highest BCUT2D eigenvalue weighted by atomic mass is 79.9. The minimum Gasteiger partial charge on any atom is -0.486 e. The Morgan fingerprint density at radius 1 is 1.50 bits per heavy atom. The van der Waals surface area contributed by atoms with E-state index in [0.29, 0.717) is 16.9 Å². The number of carbonyl (C=O) groups excluding carboxylic acids is 1. The van der Waals surface area contributed by atoms with E-state index in [0.717, 1.165) is 6.29 Å². The summed E-state index contributed by atoms with van der Waals surface area (Å²) in [5.41, 5.74) is 0.723. The highest BCUT2D eigenvalue weighted by Crippen LogP contribution is 2.43. The molecule has 0 saturated heterocycles. The molecule has 0 aromatic heterocycles. The number of hydrogen-bond donors (Lipinski definition) is 1. The summed E-state index contributed by atoms with van der Waals surface area (Å²) >= 11 is 3.43. The van der Waals surface area contributed by atoms with Gasteiger partial charge in [0.2, 0.25) is 0 Å². The fraction of sp³-hybridized carbons (Fsp3) is 0.417. The van der Waals surface area contributed by atoms with E-state index >= 15 is 0 Å². The van der Waals surface area contributed by atoms with Gasteiger partial charge in [-0.25, -0.2) is 0 Å². The molecule has 1 aromatic carbocycles. The van der Waals surface area contributed by atoms with Crippen LogP contribution < -0.4 is 4.74 Å². The molecule has 1 aromatic rings. The summed E-state index contributed by atoms with van der Waals surface area (Å²) in [6.45, 7) is 3.82. The van der Waals surface area contributed by atoms with Crippen LogP contribution in [0.1, 0.15) is 35.9 Å². The number of aliphatic hydroxyl groups is 1. The van der Waals surface area contributed by atoms with Crippen LogP contribution in [0.15, 0.2) is 18.2 Å². The minimum absolute atomic E-state index is 0.200. The van der Waals surface area contributed by atoms with Crippen molar-refractivity contribution in [1.82, 2.24) is 0 Å². The van der Waals surface area contributed by atoms with Gasteiger partial charge in [0, 0.05) is 11.1 Å². The van der Waals surface area contributed by atoms with Crippen LogP contribution in [-0.4, -0.2) is 21.8 Å². The molecule has 3 nitrogen and oxygen atoms in total. The molecule has 86 valence electrons. The average Bonchev–Trinajstić information content (AvgIpc) is 2.25. The first-order chi connectivity index (χ1) is 7.45. The smallest absolute Gasteiger partial charge is 0.150 e. The molecule has 0 spiro atoms. The maximum atomic E-state index is 10.7. The minimum atomic E-state index is -0.668. The van der Waals surface area contributed by atoms with E-state index in [1.165, 1.54) is 0 Å². The topological polar surface area (TPSA) is 46.5 Å². The summed E-state index contributed by atoms with van der Waals surface area (Å²) in [5, 5.41) is 10.1. The number of alkyl halides is 1. The number of hydrogen-bond acceptors (Lipinski definition) is 3. The first-order valence-corrected chi connectivity index (χ1v) is 5.97. The molecule has 0 fully saturated rings. The van der Waals surface area contributed by atoms with Crippen molar-refractivity contribution < 1.29 is 14.6 Å². The van der Waals surface area contributed by atoms with E-state index in [9.17, 15) is 9.90 Å². The Balaban J connectivity index is 2.50. The van der Waals surface area contributed by atoms with Gasteiger partial charge < -0.3 is 9.84 Å². The van der Waals surface area contributed by atoms with E-state index in [1.54, 1.807) is 18.2 Å². The number of halogens is 1. The normalized spacial score (nSPS) is 26.8. The summed E-state index contributed by atoms with van der Waals surface area (Å²) < 4.78 is 5.78. The molecule has 2 atom stereocenters. The van der Waals surface area contributed by atoms with E-state index in [1.807, 2.05) is 13.8 Å². The molecule has 2 rings (SSSR count). The predicted octanol–water partition coefficient (Wildman–Crippen LogP) is 2.47. The van der Waals surface area contributed by atoms with Crippen molar-refractivity contribution in [3.63, 3.8) is 0 Å². The van der Waals surface area contributed by atoms with Crippen molar-refractivity contribution in [2.75, 3.05) is 0 Å². The predicted molar refractivity (Wildman–Crippen MR) is 64.2 cm³/mol. The van der Waals surface area contributed by atoms with Crippen molar-refractivity contribution >= 4 is 22.2 Å². The first kappa shape index (κ1) is 11.6. The van der Waals surface area contributed by atoms with Crippen molar-refractivity contribution in [3.05, 3.63) is 29.3 Å². The van der Waals surface area contributed by atoms with E-state index in [2.05, 4.69) is 15.9 Å². The van der Waals surface area contributed by atoms with Gasteiger partial charge in [0.25, 0.3) is 0 Å². The standard InChI is InChI=1S/C12H13BrO3/c1-12(2)11(13)10(15)8-5-7(6-14)3-4-9(8)16-12/h3-6,10-11,15H,1-2H3/t10-,11+/m1/s1. The third-order valence-electron chi connectivity index (χ3n) is 2.80. The van der Waals surface area contributed by atoms with Gasteiger partial charge in [0.1, 0.15) is 17.6 Å².